The monoisotopic (exact) mass is 345 g/mol. The van der Waals surface area contributed by atoms with Crippen molar-refractivity contribution in [2.75, 3.05) is 13.7 Å². The quantitative estimate of drug-likeness (QED) is 0.601. The Hall–Kier alpha value is -1.26. The molecule has 0 bridgehead atoms. The van der Waals surface area contributed by atoms with Crippen LogP contribution in [-0.4, -0.2) is 25.3 Å². The van der Waals surface area contributed by atoms with E-state index in [-0.39, 0.29) is 22.7 Å². The van der Waals surface area contributed by atoms with Crippen LogP contribution in [0.2, 0.25) is 0 Å². The van der Waals surface area contributed by atoms with E-state index < -0.39 is 5.41 Å². The maximum absolute atomic E-state index is 12.6. The van der Waals surface area contributed by atoms with Crippen molar-refractivity contribution in [3.63, 3.8) is 0 Å². The summed E-state index contributed by atoms with van der Waals surface area (Å²) in [7, 11) is 1.78. The number of carbonyl (C=O) groups is 1. The minimum absolute atomic E-state index is 0. The van der Waals surface area contributed by atoms with Crippen molar-refractivity contribution in [1.82, 2.24) is 0 Å². The van der Waals surface area contributed by atoms with Gasteiger partial charge in [-0.05, 0) is 26.2 Å². The van der Waals surface area contributed by atoms with Crippen molar-refractivity contribution in [2.24, 2.45) is 10.4 Å². The molecule has 0 saturated heterocycles. The zero-order chi connectivity index (χ0) is 15.3. The molecular formula is C18H24CoNO2-. The summed E-state index contributed by atoms with van der Waals surface area (Å²) >= 11 is 0. The number of esters is 1. The van der Waals surface area contributed by atoms with Gasteiger partial charge in [-0.2, -0.15) is 23.6 Å². The summed E-state index contributed by atoms with van der Waals surface area (Å²) in [5.41, 5.74) is 1.63. The molecular weight excluding hydrogens is 321 g/mol. The molecule has 0 heterocycles. The largest absolute Gasteiger partial charge is 0.465 e. The smallest absolute Gasteiger partial charge is 0.317 e. The summed E-state index contributed by atoms with van der Waals surface area (Å²) in [5, 5.41) is 0. The van der Waals surface area contributed by atoms with Gasteiger partial charge in [-0.15, -0.1) is 12.1 Å². The second-order valence-electron chi connectivity index (χ2n) is 5.65. The normalized spacial score (nSPS) is 22.2. The van der Waals surface area contributed by atoms with Crippen LogP contribution in [0.15, 0.2) is 35.3 Å². The Morgan fingerprint density at radius 3 is 2.64 bits per heavy atom. The maximum Gasteiger partial charge on any atom is 0.317 e. The van der Waals surface area contributed by atoms with E-state index in [4.69, 9.17) is 4.74 Å². The molecule has 1 fully saturated rings. The Kier molecular flexibility index (Phi) is 7.16. The van der Waals surface area contributed by atoms with Gasteiger partial charge in [0.15, 0.2) is 0 Å². The number of nitrogens with zero attached hydrogens (tertiary/aromatic N) is 1. The molecule has 2 rings (SSSR count). The molecule has 0 aromatic heterocycles. The Morgan fingerprint density at radius 2 is 2.05 bits per heavy atom. The first kappa shape index (κ1) is 18.8. The van der Waals surface area contributed by atoms with Gasteiger partial charge in [0, 0.05) is 29.5 Å². The van der Waals surface area contributed by atoms with E-state index in [0.717, 1.165) is 25.0 Å². The van der Waals surface area contributed by atoms with Crippen molar-refractivity contribution in [3.05, 3.63) is 41.8 Å². The number of hydrogen-bond donors (Lipinski definition) is 0. The average molecular weight is 345 g/mol. The van der Waals surface area contributed by atoms with Crippen LogP contribution in [0.4, 0.5) is 0 Å². The predicted molar refractivity (Wildman–Crippen MR) is 85.4 cm³/mol. The van der Waals surface area contributed by atoms with Crippen LogP contribution in [0.25, 0.3) is 0 Å². The first-order chi connectivity index (χ1) is 10.1. The van der Waals surface area contributed by atoms with Crippen molar-refractivity contribution in [1.29, 1.82) is 0 Å². The summed E-state index contributed by atoms with van der Waals surface area (Å²) < 4.78 is 5.36. The van der Waals surface area contributed by atoms with E-state index in [9.17, 15) is 4.79 Å². The number of ether oxygens (including phenoxy) is 1. The third-order valence-electron chi connectivity index (χ3n) is 4.34. The molecule has 0 N–H and O–H groups in total. The molecule has 1 aromatic carbocycles. The molecule has 3 nitrogen and oxygen atoms in total. The average Bonchev–Trinajstić information content (AvgIpc) is 2.92. The van der Waals surface area contributed by atoms with E-state index in [1.807, 2.05) is 25.1 Å². The van der Waals surface area contributed by atoms with Gasteiger partial charge < -0.3 is 4.74 Å². The van der Waals surface area contributed by atoms with Crippen LogP contribution in [0, 0.1) is 11.3 Å². The SMILES string of the molecule is CCOC(=O)[C@@]1(C[C-](C)c2ccccc2)CCCC1=NC.[Co]. The molecule has 1 aliphatic carbocycles. The third kappa shape index (κ3) is 3.73. The zero-order valence-electron chi connectivity index (χ0n) is 13.5. The van der Waals surface area contributed by atoms with Gasteiger partial charge in [-0.25, -0.2) is 0 Å². The molecule has 4 heteroatoms. The fourth-order valence-electron chi connectivity index (χ4n) is 3.30. The number of benzene rings is 1. The van der Waals surface area contributed by atoms with Crippen LogP contribution >= 0.6 is 0 Å². The van der Waals surface area contributed by atoms with Crippen molar-refractivity contribution >= 4 is 11.7 Å². The van der Waals surface area contributed by atoms with Crippen LogP contribution in [0.1, 0.15) is 45.1 Å². The van der Waals surface area contributed by atoms with Crippen LogP contribution in [0.3, 0.4) is 0 Å². The Bertz CT molecular complexity index is 515. The molecule has 1 saturated carbocycles. The molecule has 0 amide bonds. The van der Waals surface area contributed by atoms with Crippen LogP contribution < -0.4 is 0 Å². The van der Waals surface area contributed by atoms with Gasteiger partial charge in [0.05, 0.1) is 12.0 Å². The van der Waals surface area contributed by atoms with Crippen molar-refractivity contribution in [3.8, 4) is 0 Å². The predicted octanol–water partition coefficient (Wildman–Crippen LogP) is 3.82. The van der Waals surface area contributed by atoms with Gasteiger partial charge in [0.1, 0.15) is 0 Å². The fraction of sp³-hybridized carbons (Fsp3) is 0.500. The van der Waals surface area contributed by atoms with Crippen molar-refractivity contribution in [2.45, 2.75) is 39.5 Å². The Balaban J connectivity index is 0.00000242. The molecule has 0 aliphatic heterocycles. The van der Waals surface area contributed by atoms with E-state index in [1.54, 1.807) is 7.05 Å². The first-order valence-corrected chi connectivity index (χ1v) is 7.65. The molecule has 123 valence electrons. The summed E-state index contributed by atoms with van der Waals surface area (Å²) in [5.74, 6) is 1.10. The maximum atomic E-state index is 12.6. The molecule has 0 unspecified atom stereocenters. The fourth-order valence-corrected chi connectivity index (χ4v) is 3.30. The molecule has 1 aliphatic rings. The second-order valence-corrected chi connectivity index (χ2v) is 5.65. The van der Waals surface area contributed by atoms with Crippen molar-refractivity contribution < 1.29 is 26.3 Å². The minimum Gasteiger partial charge on any atom is -0.465 e. The van der Waals surface area contributed by atoms with E-state index in [2.05, 4.69) is 24.0 Å². The van der Waals surface area contributed by atoms with Gasteiger partial charge in [0.25, 0.3) is 0 Å². The van der Waals surface area contributed by atoms with Crippen LogP contribution in [-0.2, 0) is 26.3 Å². The first-order valence-electron chi connectivity index (χ1n) is 7.65. The summed E-state index contributed by atoms with van der Waals surface area (Å²) in [6.45, 7) is 4.38. The number of rotatable bonds is 5. The number of hydrogen-bond acceptors (Lipinski definition) is 3. The van der Waals surface area contributed by atoms with Gasteiger partial charge in [-0.3, -0.25) is 9.79 Å². The van der Waals surface area contributed by atoms with Gasteiger partial charge in [0.2, 0.25) is 0 Å². The molecule has 1 atom stereocenters. The molecule has 0 spiro atoms. The third-order valence-corrected chi connectivity index (χ3v) is 4.34. The standard InChI is InChI=1S/C18H24NO2.Co/c1-4-21-17(20)18(12-8-11-16(18)19-3)13-14(2)15-9-6-5-7-10-15;/h5-7,9-10H,4,8,11-13H2,1-3H3;/q-1;/t18-;/m1./s1. The van der Waals surface area contributed by atoms with Crippen LogP contribution in [0.5, 0.6) is 0 Å². The molecule has 1 aromatic rings. The summed E-state index contributed by atoms with van der Waals surface area (Å²) in [6, 6.07) is 10.2. The number of aliphatic imine (C=N–C) groups is 1. The summed E-state index contributed by atoms with van der Waals surface area (Å²) in [6.07, 6.45) is 3.44. The Labute approximate surface area is 143 Å². The van der Waals surface area contributed by atoms with Gasteiger partial charge >= 0.3 is 5.97 Å². The minimum atomic E-state index is -0.551. The van der Waals surface area contributed by atoms with Gasteiger partial charge in [-0.1, -0.05) is 19.4 Å². The number of carbonyl (C=O) groups excluding carboxylic acids is 1. The second kappa shape index (κ2) is 8.39. The Morgan fingerprint density at radius 1 is 1.36 bits per heavy atom. The summed E-state index contributed by atoms with van der Waals surface area (Å²) in [4.78, 5) is 17.0. The van der Waals surface area contributed by atoms with E-state index in [1.165, 1.54) is 11.5 Å². The molecule has 22 heavy (non-hydrogen) atoms. The van der Waals surface area contributed by atoms with E-state index in [0.29, 0.717) is 13.0 Å². The molecule has 1 radical (unpaired) electrons. The zero-order valence-corrected chi connectivity index (χ0v) is 14.6. The van der Waals surface area contributed by atoms with E-state index >= 15 is 0 Å². The topological polar surface area (TPSA) is 38.7 Å².